The number of alkyl halides is 3. The number of benzene rings is 1. The van der Waals surface area contributed by atoms with Crippen molar-refractivity contribution in [3.8, 4) is 0 Å². The SMILES string of the molecule is COC(=O)N1CC(C(F)(F)F)=CCC1c1cc(Cl)cc(Cl)c1. The first kappa shape index (κ1) is 17.0. The fraction of sp³-hybridized carbons (Fsp3) is 0.357. The van der Waals surface area contributed by atoms with Gasteiger partial charge >= 0.3 is 12.3 Å². The lowest BCUT2D eigenvalue weighted by molar-refractivity contribution is -0.0977. The number of hydrogen-bond donors (Lipinski definition) is 0. The van der Waals surface area contributed by atoms with Crippen molar-refractivity contribution in [3.63, 3.8) is 0 Å². The van der Waals surface area contributed by atoms with Gasteiger partial charge in [0.1, 0.15) is 0 Å². The number of carbonyl (C=O) groups is 1. The molecule has 120 valence electrons. The number of amides is 1. The predicted octanol–water partition coefficient (Wildman–Crippen LogP) is 5.00. The highest BCUT2D eigenvalue weighted by Gasteiger charge is 2.40. The van der Waals surface area contributed by atoms with Gasteiger partial charge in [-0.3, -0.25) is 4.90 Å². The molecule has 0 saturated carbocycles. The van der Waals surface area contributed by atoms with E-state index in [4.69, 9.17) is 23.2 Å². The van der Waals surface area contributed by atoms with Crippen LogP contribution in [0.3, 0.4) is 0 Å². The summed E-state index contributed by atoms with van der Waals surface area (Å²) < 4.78 is 43.1. The van der Waals surface area contributed by atoms with Crippen molar-refractivity contribution in [3.05, 3.63) is 45.5 Å². The minimum atomic E-state index is -4.48. The second-order valence-corrected chi connectivity index (χ2v) is 5.65. The Morgan fingerprint density at radius 3 is 2.36 bits per heavy atom. The molecule has 22 heavy (non-hydrogen) atoms. The molecule has 1 aromatic carbocycles. The molecule has 1 aliphatic heterocycles. The summed E-state index contributed by atoms with van der Waals surface area (Å²) in [6.45, 7) is -0.578. The van der Waals surface area contributed by atoms with Crippen LogP contribution in [0, 0.1) is 0 Å². The molecule has 1 heterocycles. The highest BCUT2D eigenvalue weighted by molar-refractivity contribution is 6.34. The van der Waals surface area contributed by atoms with Crippen LogP contribution >= 0.6 is 23.2 Å². The van der Waals surface area contributed by atoms with Crippen molar-refractivity contribution < 1.29 is 22.7 Å². The third-order valence-electron chi connectivity index (χ3n) is 3.35. The van der Waals surface area contributed by atoms with Gasteiger partial charge < -0.3 is 4.74 Å². The number of hydrogen-bond acceptors (Lipinski definition) is 2. The summed E-state index contributed by atoms with van der Waals surface area (Å²) in [5.41, 5.74) is -0.220. The Balaban J connectivity index is 2.40. The van der Waals surface area contributed by atoms with Crippen LogP contribution in [0.1, 0.15) is 18.0 Å². The third kappa shape index (κ3) is 3.67. The standard InChI is InChI=1S/C14H12Cl2F3NO2/c1-22-13(21)20-7-9(14(17,18)19)2-3-12(20)8-4-10(15)6-11(16)5-8/h2,4-6,12H,3,7H2,1H3. The molecule has 0 spiro atoms. The van der Waals surface area contributed by atoms with E-state index in [2.05, 4.69) is 4.74 Å². The van der Waals surface area contributed by atoms with Crippen molar-refractivity contribution in [1.82, 2.24) is 4.90 Å². The quantitative estimate of drug-likeness (QED) is 0.665. The maximum Gasteiger partial charge on any atom is 0.414 e. The topological polar surface area (TPSA) is 29.5 Å². The molecular weight excluding hydrogens is 342 g/mol. The van der Waals surface area contributed by atoms with E-state index < -0.39 is 30.4 Å². The Bertz CT molecular complexity index is 596. The van der Waals surface area contributed by atoms with Gasteiger partial charge in [-0.1, -0.05) is 29.3 Å². The summed E-state index contributed by atoms with van der Waals surface area (Å²) in [6.07, 6.45) is -4.24. The zero-order valence-corrected chi connectivity index (χ0v) is 13.0. The monoisotopic (exact) mass is 353 g/mol. The molecule has 1 aromatic rings. The molecule has 0 aromatic heterocycles. The summed E-state index contributed by atoms with van der Waals surface area (Å²) in [7, 11) is 1.12. The average molecular weight is 354 g/mol. The fourth-order valence-electron chi connectivity index (χ4n) is 2.34. The van der Waals surface area contributed by atoms with Crippen LogP contribution in [-0.2, 0) is 4.74 Å². The molecule has 1 aliphatic rings. The lowest BCUT2D eigenvalue weighted by Gasteiger charge is -2.35. The van der Waals surface area contributed by atoms with E-state index in [1.807, 2.05) is 0 Å². The maximum atomic E-state index is 12.9. The van der Waals surface area contributed by atoms with Crippen LogP contribution in [-0.4, -0.2) is 30.8 Å². The molecule has 3 nitrogen and oxygen atoms in total. The Labute approximate surface area is 135 Å². The highest BCUT2D eigenvalue weighted by Crippen LogP contribution is 2.38. The molecule has 8 heteroatoms. The van der Waals surface area contributed by atoms with Crippen LogP contribution in [0.5, 0.6) is 0 Å². The molecule has 0 bridgehead atoms. The predicted molar refractivity (Wildman–Crippen MR) is 77.1 cm³/mol. The third-order valence-corrected chi connectivity index (χ3v) is 3.78. The van der Waals surface area contributed by atoms with Crippen molar-refractivity contribution in [2.45, 2.75) is 18.6 Å². The van der Waals surface area contributed by atoms with Crippen molar-refractivity contribution in [2.75, 3.05) is 13.7 Å². The van der Waals surface area contributed by atoms with Gasteiger partial charge in [0.15, 0.2) is 0 Å². The smallest absolute Gasteiger partial charge is 0.414 e. The molecule has 0 radical (unpaired) electrons. The first-order valence-electron chi connectivity index (χ1n) is 6.29. The molecule has 1 atom stereocenters. The maximum absolute atomic E-state index is 12.9. The Morgan fingerprint density at radius 2 is 1.86 bits per heavy atom. The Morgan fingerprint density at radius 1 is 1.27 bits per heavy atom. The van der Waals surface area contributed by atoms with E-state index >= 15 is 0 Å². The lowest BCUT2D eigenvalue weighted by Crippen LogP contribution is -2.41. The fourth-order valence-corrected chi connectivity index (χ4v) is 2.88. The van der Waals surface area contributed by atoms with E-state index in [0.717, 1.165) is 18.1 Å². The first-order valence-corrected chi connectivity index (χ1v) is 7.04. The van der Waals surface area contributed by atoms with Crippen molar-refractivity contribution in [2.24, 2.45) is 0 Å². The average Bonchev–Trinajstić information content (AvgIpc) is 2.43. The lowest BCUT2D eigenvalue weighted by atomic mass is 9.96. The van der Waals surface area contributed by atoms with Crippen LogP contribution in [0.25, 0.3) is 0 Å². The van der Waals surface area contributed by atoms with E-state index in [9.17, 15) is 18.0 Å². The van der Waals surface area contributed by atoms with Gasteiger partial charge in [0.25, 0.3) is 0 Å². The van der Waals surface area contributed by atoms with Crippen LogP contribution in [0.2, 0.25) is 10.0 Å². The number of rotatable bonds is 1. The molecule has 1 unspecified atom stereocenters. The van der Waals surface area contributed by atoms with E-state index in [1.54, 1.807) is 12.1 Å². The number of ether oxygens (including phenoxy) is 1. The molecular formula is C14H12Cl2F3NO2. The van der Waals surface area contributed by atoms with Crippen LogP contribution in [0.4, 0.5) is 18.0 Å². The highest BCUT2D eigenvalue weighted by atomic mass is 35.5. The van der Waals surface area contributed by atoms with Gasteiger partial charge in [-0.2, -0.15) is 13.2 Å². The minimum Gasteiger partial charge on any atom is -0.453 e. The number of carbonyl (C=O) groups excluding carboxylic acids is 1. The number of nitrogens with zero attached hydrogens (tertiary/aromatic N) is 1. The van der Waals surface area contributed by atoms with Crippen molar-refractivity contribution >= 4 is 29.3 Å². The normalized spacial score (nSPS) is 18.9. The summed E-state index contributed by atoms with van der Waals surface area (Å²) in [6, 6.07) is 4.03. The molecule has 0 fully saturated rings. The number of methoxy groups -OCH3 is 1. The summed E-state index contributed by atoms with van der Waals surface area (Å²) in [5, 5.41) is 0.691. The first-order chi connectivity index (χ1) is 10.2. The van der Waals surface area contributed by atoms with Crippen molar-refractivity contribution in [1.29, 1.82) is 0 Å². The van der Waals surface area contributed by atoms with Gasteiger partial charge in [-0.15, -0.1) is 0 Å². The van der Waals surface area contributed by atoms with Crippen LogP contribution in [0.15, 0.2) is 29.8 Å². The van der Waals surface area contributed by atoms with E-state index in [-0.39, 0.29) is 6.42 Å². The zero-order valence-electron chi connectivity index (χ0n) is 11.5. The van der Waals surface area contributed by atoms with Gasteiger partial charge in [0.05, 0.1) is 19.7 Å². The van der Waals surface area contributed by atoms with Crippen LogP contribution < -0.4 is 0 Å². The Kier molecular flexibility index (Phi) is 4.92. The second-order valence-electron chi connectivity index (χ2n) is 4.78. The summed E-state index contributed by atoms with van der Waals surface area (Å²) >= 11 is 11.8. The molecule has 0 saturated heterocycles. The molecule has 2 rings (SSSR count). The molecule has 0 N–H and O–H groups in total. The zero-order chi connectivity index (χ0) is 16.5. The van der Waals surface area contributed by atoms with Gasteiger partial charge in [0.2, 0.25) is 0 Å². The largest absolute Gasteiger partial charge is 0.453 e. The minimum absolute atomic E-state index is 0.000610. The van der Waals surface area contributed by atoms with Gasteiger partial charge in [0, 0.05) is 15.6 Å². The number of halogens is 5. The second kappa shape index (κ2) is 6.38. The van der Waals surface area contributed by atoms with E-state index in [0.29, 0.717) is 15.6 Å². The van der Waals surface area contributed by atoms with E-state index in [1.165, 1.54) is 6.07 Å². The Hall–Kier alpha value is -1.40. The molecule has 1 amide bonds. The van der Waals surface area contributed by atoms with Gasteiger partial charge in [-0.25, -0.2) is 4.79 Å². The summed E-state index contributed by atoms with van der Waals surface area (Å²) in [5.74, 6) is 0. The molecule has 0 aliphatic carbocycles. The van der Waals surface area contributed by atoms with Gasteiger partial charge in [-0.05, 0) is 30.2 Å². The summed E-state index contributed by atoms with van der Waals surface area (Å²) in [4.78, 5) is 12.9.